The second-order valence-electron chi connectivity index (χ2n) is 6.88. The van der Waals surface area contributed by atoms with Gasteiger partial charge < -0.3 is 18.3 Å². The molecule has 0 saturated carbocycles. The number of carbonyl (C=O) groups is 1. The number of esters is 1. The second kappa shape index (κ2) is 7.50. The van der Waals surface area contributed by atoms with Gasteiger partial charge in [0.05, 0.1) is 18.1 Å². The molecule has 0 unspecified atom stereocenters. The summed E-state index contributed by atoms with van der Waals surface area (Å²) in [6.07, 6.45) is 1.41. The van der Waals surface area contributed by atoms with Gasteiger partial charge in [-0.2, -0.15) is 0 Å². The fourth-order valence-electron chi connectivity index (χ4n) is 3.44. The molecule has 5 aromatic rings. The Morgan fingerprint density at radius 2 is 1.77 bits per heavy atom. The van der Waals surface area contributed by atoms with Crippen molar-refractivity contribution in [1.82, 2.24) is 0 Å². The molecule has 152 valence electrons. The van der Waals surface area contributed by atoms with E-state index in [0.717, 1.165) is 10.9 Å². The summed E-state index contributed by atoms with van der Waals surface area (Å²) < 4.78 is 22.0. The molecular weight excluding hydrogens is 396 g/mol. The Bertz CT molecular complexity index is 1480. The van der Waals surface area contributed by atoms with E-state index in [1.165, 1.54) is 19.4 Å². The van der Waals surface area contributed by atoms with Crippen LogP contribution < -0.4 is 14.9 Å². The molecule has 3 aromatic carbocycles. The number of furan rings is 1. The highest BCUT2D eigenvalue weighted by Gasteiger charge is 2.18. The maximum atomic E-state index is 12.8. The second-order valence-corrected chi connectivity index (χ2v) is 6.88. The number of para-hydroxylation sites is 1. The molecule has 6 heteroatoms. The van der Waals surface area contributed by atoms with E-state index in [1.54, 1.807) is 30.3 Å². The van der Waals surface area contributed by atoms with Crippen LogP contribution in [0, 0.1) is 0 Å². The first kappa shape index (κ1) is 18.7. The van der Waals surface area contributed by atoms with E-state index in [9.17, 15) is 9.59 Å². The first-order valence-electron chi connectivity index (χ1n) is 9.54. The van der Waals surface area contributed by atoms with Gasteiger partial charge in [0.2, 0.25) is 5.76 Å². The van der Waals surface area contributed by atoms with Gasteiger partial charge in [0.15, 0.2) is 16.8 Å². The molecule has 5 rings (SSSR count). The lowest BCUT2D eigenvalue weighted by Gasteiger charge is -2.05. The molecule has 0 aliphatic heterocycles. The Morgan fingerprint density at radius 3 is 2.58 bits per heavy atom. The number of methoxy groups -OCH3 is 1. The van der Waals surface area contributed by atoms with Gasteiger partial charge in [-0.25, -0.2) is 4.79 Å². The number of ether oxygens (including phenoxy) is 2. The molecule has 0 atom stereocenters. The van der Waals surface area contributed by atoms with Crippen LogP contribution in [0.3, 0.4) is 0 Å². The third kappa shape index (κ3) is 3.34. The van der Waals surface area contributed by atoms with Crippen molar-refractivity contribution >= 4 is 27.9 Å². The summed E-state index contributed by atoms with van der Waals surface area (Å²) in [5.41, 5.74) is 1.87. The SMILES string of the molecule is COc1cccc2cc(C(=O)Oc3ccc4c(=O)c(-c5ccccc5)coc4c3)oc12. The molecule has 6 nitrogen and oxygen atoms in total. The van der Waals surface area contributed by atoms with Crippen LogP contribution in [0.2, 0.25) is 0 Å². The number of benzene rings is 3. The van der Waals surface area contributed by atoms with Crippen molar-refractivity contribution in [2.75, 3.05) is 7.11 Å². The van der Waals surface area contributed by atoms with Gasteiger partial charge in [0.25, 0.3) is 0 Å². The summed E-state index contributed by atoms with van der Waals surface area (Å²) in [5, 5.41) is 1.12. The van der Waals surface area contributed by atoms with Crippen molar-refractivity contribution in [2.45, 2.75) is 0 Å². The first-order chi connectivity index (χ1) is 15.1. The molecule has 0 N–H and O–H groups in total. The first-order valence-corrected chi connectivity index (χ1v) is 9.54. The van der Waals surface area contributed by atoms with E-state index in [0.29, 0.717) is 27.9 Å². The van der Waals surface area contributed by atoms with Gasteiger partial charge in [0, 0.05) is 11.5 Å². The van der Waals surface area contributed by atoms with Gasteiger partial charge in [-0.1, -0.05) is 42.5 Å². The molecule has 0 amide bonds. The Labute approximate surface area is 176 Å². The van der Waals surface area contributed by atoms with Gasteiger partial charge in [-0.05, 0) is 29.8 Å². The Balaban J connectivity index is 1.46. The zero-order valence-electron chi connectivity index (χ0n) is 16.5. The third-order valence-corrected chi connectivity index (χ3v) is 4.97. The van der Waals surface area contributed by atoms with E-state index in [4.69, 9.17) is 18.3 Å². The average molecular weight is 412 g/mol. The predicted molar refractivity (Wildman–Crippen MR) is 116 cm³/mol. The van der Waals surface area contributed by atoms with E-state index < -0.39 is 5.97 Å². The minimum Gasteiger partial charge on any atom is -0.493 e. The normalized spacial score (nSPS) is 11.0. The largest absolute Gasteiger partial charge is 0.493 e. The Morgan fingerprint density at radius 1 is 0.935 bits per heavy atom. The van der Waals surface area contributed by atoms with Gasteiger partial charge >= 0.3 is 5.97 Å². The van der Waals surface area contributed by atoms with Crippen molar-refractivity contribution in [3.63, 3.8) is 0 Å². The van der Waals surface area contributed by atoms with Crippen molar-refractivity contribution < 1.29 is 23.1 Å². The summed E-state index contributed by atoms with van der Waals surface area (Å²) in [6, 6.07) is 20.9. The van der Waals surface area contributed by atoms with Crippen LogP contribution >= 0.6 is 0 Å². The minimum atomic E-state index is -0.666. The highest BCUT2D eigenvalue weighted by molar-refractivity contribution is 5.95. The highest BCUT2D eigenvalue weighted by atomic mass is 16.5. The molecular formula is C25H16O6. The Kier molecular flexibility index (Phi) is 4.52. The summed E-state index contributed by atoms with van der Waals surface area (Å²) >= 11 is 0. The molecule has 0 aliphatic rings. The summed E-state index contributed by atoms with van der Waals surface area (Å²) in [4.78, 5) is 25.4. The van der Waals surface area contributed by atoms with Gasteiger partial charge in [0.1, 0.15) is 17.6 Å². The zero-order chi connectivity index (χ0) is 21.4. The maximum Gasteiger partial charge on any atom is 0.379 e. The molecule has 0 spiro atoms. The smallest absolute Gasteiger partial charge is 0.379 e. The van der Waals surface area contributed by atoms with E-state index in [2.05, 4.69) is 0 Å². The lowest BCUT2D eigenvalue weighted by molar-refractivity contribution is 0.0704. The number of carbonyl (C=O) groups excluding carboxylic acids is 1. The quantitative estimate of drug-likeness (QED) is 0.289. The summed E-state index contributed by atoms with van der Waals surface area (Å²) in [5.74, 6) is 0.139. The molecule has 2 aromatic heterocycles. The van der Waals surface area contributed by atoms with Gasteiger partial charge in [-0.3, -0.25) is 4.79 Å². The van der Waals surface area contributed by atoms with Crippen LogP contribution in [0.1, 0.15) is 10.6 Å². The van der Waals surface area contributed by atoms with Crippen molar-refractivity contribution in [3.8, 4) is 22.6 Å². The molecule has 31 heavy (non-hydrogen) atoms. The topological polar surface area (TPSA) is 78.9 Å². The maximum absolute atomic E-state index is 12.8. The van der Waals surface area contributed by atoms with Crippen molar-refractivity contribution in [1.29, 1.82) is 0 Å². The predicted octanol–water partition coefficient (Wildman–Crippen LogP) is 5.43. The molecule has 0 bridgehead atoms. The monoisotopic (exact) mass is 412 g/mol. The third-order valence-electron chi connectivity index (χ3n) is 4.97. The number of fused-ring (bicyclic) bond motifs is 2. The fraction of sp³-hybridized carbons (Fsp3) is 0.0400. The highest BCUT2D eigenvalue weighted by Crippen LogP contribution is 2.29. The van der Waals surface area contributed by atoms with Crippen LogP contribution in [-0.2, 0) is 0 Å². The molecule has 0 saturated heterocycles. The average Bonchev–Trinajstić information content (AvgIpc) is 3.25. The van der Waals surface area contributed by atoms with Crippen LogP contribution in [0.25, 0.3) is 33.1 Å². The zero-order valence-corrected chi connectivity index (χ0v) is 16.5. The van der Waals surface area contributed by atoms with Crippen molar-refractivity contribution in [2.24, 2.45) is 0 Å². The van der Waals surface area contributed by atoms with Crippen LogP contribution in [0.4, 0.5) is 0 Å². The number of rotatable bonds is 4. The molecule has 0 fully saturated rings. The van der Waals surface area contributed by atoms with E-state index >= 15 is 0 Å². The fourth-order valence-corrected chi connectivity index (χ4v) is 3.44. The van der Waals surface area contributed by atoms with E-state index in [-0.39, 0.29) is 16.9 Å². The minimum absolute atomic E-state index is 0.0421. The van der Waals surface area contributed by atoms with Crippen molar-refractivity contribution in [3.05, 3.63) is 95.0 Å². The van der Waals surface area contributed by atoms with Crippen LogP contribution in [-0.4, -0.2) is 13.1 Å². The lowest BCUT2D eigenvalue weighted by atomic mass is 10.1. The standard InChI is InChI=1S/C25H16O6/c1-28-20-9-5-8-16-12-22(31-24(16)20)25(27)30-17-10-11-18-21(13-17)29-14-19(23(18)26)15-6-3-2-4-7-15/h2-14H,1H3. The number of hydrogen-bond donors (Lipinski definition) is 0. The summed E-state index contributed by atoms with van der Waals surface area (Å²) in [6.45, 7) is 0. The summed E-state index contributed by atoms with van der Waals surface area (Å²) in [7, 11) is 1.53. The number of hydrogen-bond acceptors (Lipinski definition) is 6. The molecule has 0 radical (unpaired) electrons. The Hall–Kier alpha value is -4.32. The molecule has 0 aliphatic carbocycles. The van der Waals surface area contributed by atoms with Crippen LogP contribution in [0.15, 0.2) is 92.7 Å². The van der Waals surface area contributed by atoms with Gasteiger partial charge in [-0.15, -0.1) is 0 Å². The molecule has 2 heterocycles. The van der Waals surface area contributed by atoms with Crippen LogP contribution in [0.5, 0.6) is 11.5 Å². The van der Waals surface area contributed by atoms with E-state index in [1.807, 2.05) is 36.4 Å². The lowest BCUT2D eigenvalue weighted by Crippen LogP contribution is -2.08.